The SMILES string of the molecule is Cc1cc(C)c(C(=O)O)c(Nc2cc(Cl)ccc2F)n1. The van der Waals surface area contributed by atoms with E-state index < -0.39 is 11.8 Å². The first-order chi connectivity index (χ1) is 9.38. The minimum Gasteiger partial charge on any atom is -0.478 e. The van der Waals surface area contributed by atoms with Gasteiger partial charge >= 0.3 is 5.97 Å². The molecule has 1 aromatic heterocycles. The van der Waals surface area contributed by atoms with Crippen LogP contribution in [0, 0.1) is 19.7 Å². The number of aromatic nitrogens is 1. The normalized spacial score (nSPS) is 10.4. The van der Waals surface area contributed by atoms with Crippen molar-refractivity contribution in [1.82, 2.24) is 4.98 Å². The molecule has 0 aliphatic carbocycles. The number of rotatable bonds is 3. The highest BCUT2D eigenvalue weighted by molar-refractivity contribution is 6.30. The van der Waals surface area contributed by atoms with E-state index in [1.54, 1.807) is 19.9 Å². The van der Waals surface area contributed by atoms with Crippen molar-refractivity contribution in [3.05, 3.63) is 51.9 Å². The van der Waals surface area contributed by atoms with Gasteiger partial charge in [-0.1, -0.05) is 11.6 Å². The number of carbonyl (C=O) groups is 1. The van der Waals surface area contributed by atoms with Crippen LogP contribution >= 0.6 is 11.6 Å². The number of nitrogens with one attached hydrogen (secondary N) is 1. The third-order valence-electron chi connectivity index (χ3n) is 2.74. The van der Waals surface area contributed by atoms with Crippen molar-refractivity contribution in [2.45, 2.75) is 13.8 Å². The summed E-state index contributed by atoms with van der Waals surface area (Å²) in [6.45, 7) is 3.40. The number of hydrogen-bond acceptors (Lipinski definition) is 3. The number of carboxylic acid groups (broad SMARTS) is 1. The van der Waals surface area contributed by atoms with Gasteiger partial charge in [0, 0.05) is 10.7 Å². The maximum atomic E-state index is 13.7. The number of aromatic carboxylic acids is 1. The highest BCUT2D eigenvalue weighted by Gasteiger charge is 2.17. The maximum absolute atomic E-state index is 13.7. The standard InChI is InChI=1S/C14H12ClFN2O2/c1-7-5-8(2)17-13(12(7)14(19)20)18-11-6-9(15)3-4-10(11)16/h3-6H,1-2H3,(H,17,18)(H,19,20). The van der Waals surface area contributed by atoms with E-state index >= 15 is 0 Å². The Labute approximate surface area is 120 Å². The van der Waals surface area contributed by atoms with E-state index in [4.69, 9.17) is 11.6 Å². The molecule has 0 aliphatic rings. The van der Waals surface area contributed by atoms with Gasteiger partial charge in [-0.05, 0) is 43.7 Å². The molecule has 1 aromatic carbocycles. The molecule has 104 valence electrons. The van der Waals surface area contributed by atoms with Crippen LogP contribution in [0.25, 0.3) is 0 Å². The number of nitrogens with zero attached hydrogens (tertiary/aromatic N) is 1. The van der Waals surface area contributed by atoms with E-state index in [-0.39, 0.29) is 17.1 Å². The van der Waals surface area contributed by atoms with Crippen LogP contribution in [0.15, 0.2) is 24.3 Å². The Kier molecular flexibility index (Phi) is 3.90. The molecule has 6 heteroatoms. The summed E-state index contributed by atoms with van der Waals surface area (Å²) < 4.78 is 13.7. The molecular formula is C14H12ClFN2O2. The molecule has 0 unspecified atom stereocenters. The molecule has 0 bridgehead atoms. The second-order valence-corrected chi connectivity index (χ2v) is 4.79. The van der Waals surface area contributed by atoms with E-state index in [9.17, 15) is 14.3 Å². The van der Waals surface area contributed by atoms with Gasteiger partial charge in [0.05, 0.1) is 5.69 Å². The molecule has 0 saturated carbocycles. The summed E-state index contributed by atoms with van der Waals surface area (Å²) in [7, 11) is 0. The summed E-state index contributed by atoms with van der Waals surface area (Å²) in [6.07, 6.45) is 0. The largest absolute Gasteiger partial charge is 0.478 e. The van der Waals surface area contributed by atoms with Crippen LogP contribution in [-0.4, -0.2) is 16.1 Å². The van der Waals surface area contributed by atoms with E-state index in [2.05, 4.69) is 10.3 Å². The first-order valence-electron chi connectivity index (χ1n) is 5.82. The van der Waals surface area contributed by atoms with E-state index in [1.807, 2.05) is 0 Å². The third kappa shape index (κ3) is 2.88. The molecule has 0 radical (unpaired) electrons. The van der Waals surface area contributed by atoms with Crippen LogP contribution in [0.1, 0.15) is 21.6 Å². The molecule has 0 fully saturated rings. The molecular weight excluding hydrogens is 283 g/mol. The predicted molar refractivity (Wildman–Crippen MR) is 75.4 cm³/mol. The molecule has 2 aromatic rings. The number of carboxylic acids is 1. The lowest BCUT2D eigenvalue weighted by atomic mass is 10.1. The topological polar surface area (TPSA) is 62.2 Å². The fourth-order valence-electron chi connectivity index (χ4n) is 1.92. The highest BCUT2D eigenvalue weighted by Crippen LogP contribution is 2.26. The number of anilines is 2. The van der Waals surface area contributed by atoms with Gasteiger partial charge in [-0.25, -0.2) is 14.2 Å². The van der Waals surface area contributed by atoms with Gasteiger partial charge < -0.3 is 10.4 Å². The van der Waals surface area contributed by atoms with Crippen LogP contribution in [0.3, 0.4) is 0 Å². The second kappa shape index (κ2) is 5.46. The third-order valence-corrected chi connectivity index (χ3v) is 2.98. The summed E-state index contributed by atoms with van der Waals surface area (Å²) in [5.74, 6) is -1.57. The molecule has 2 N–H and O–H groups in total. The minimum atomic E-state index is -1.13. The number of pyridine rings is 1. The Bertz CT molecular complexity index is 689. The molecule has 1 heterocycles. The summed E-state index contributed by atoms with van der Waals surface area (Å²) in [5, 5.41) is 12.3. The zero-order valence-electron chi connectivity index (χ0n) is 10.9. The molecule has 20 heavy (non-hydrogen) atoms. The lowest BCUT2D eigenvalue weighted by molar-refractivity contribution is 0.0697. The number of halogens is 2. The predicted octanol–water partition coefficient (Wildman–Crippen LogP) is 3.93. The average Bonchev–Trinajstić information content (AvgIpc) is 2.32. The Balaban J connectivity index is 2.53. The van der Waals surface area contributed by atoms with Crippen LogP contribution in [0.5, 0.6) is 0 Å². The van der Waals surface area contributed by atoms with E-state index in [0.717, 1.165) is 0 Å². The number of hydrogen-bond donors (Lipinski definition) is 2. The van der Waals surface area contributed by atoms with Crippen molar-refractivity contribution in [2.75, 3.05) is 5.32 Å². The van der Waals surface area contributed by atoms with Gasteiger partial charge in [-0.15, -0.1) is 0 Å². The van der Waals surface area contributed by atoms with Gasteiger partial charge in [-0.3, -0.25) is 0 Å². The first-order valence-corrected chi connectivity index (χ1v) is 6.20. The van der Waals surface area contributed by atoms with Gasteiger partial charge in [0.2, 0.25) is 0 Å². The summed E-state index contributed by atoms with van der Waals surface area (Å²) in [5.41, 5.74) is 1.28. The van der Waals surface area contributed by atoms with Crippen molar-refractivity contribution >= 4 is 29.1 Å². The van der Waals surface area contributed by atoms with Gasteiger partial charge in [0.1, 0.15) is 17.2 Å². The maximum Gasteiger partial charge on any atom is 0.339 e. The summed E-state index contributed by atoms with van der Waals surface area (Å²) in [6, 6.07) is 5.65. The quantitative estimate of drug-likeness (QED) is 0.900. The van der Waals surface area contributed by atoms with Crippen LogP contribution in [0.2, 0.25) is 5.02 Å². The molecule has 2 rings (SSSR count). The molecule has 0 spiro atoms. The van der Waals surface area contributed by atoms with Crippen LogP contribution in [0.4, 0.5) is 15.9 Å². The van der Waals surface area contributed by atoms with Gasteiger partial charge in [0.25, 0.3) is 0 Å². The Morgan fingerprint density at radius 2 is 2.05 bits per heavy atom. The number of aryl methyl sites for hydroxylation is 2. The molecule has 4 nitrogen and oxygen atoms in total. The zero-order valence-corrected chi connectivity index (χ0v) is 11.6. The Hall–Kier alpha value is -2.14. The van der Waals surface area contributed by atoms with Gasteiger partial charge in [-0.2, -0.15) is 0 Å². The Morgan fingerprint density at radius 1 is 1.35 bits per heavy atom. The second-order valence-electron chi connectivity index (χ2n) is 4.36. The lowest BCUT2D eigenvalue weighted by Gasteiger charge is -2.12. The average molecular weight is 295 g/mol. The van der Waals surface area contributed by atoms with Crippen molar-refractivity contribution in [3.8, 4) is 0 Å². The van der Waals surface area contributed by atoms with Crippen molar-refractivity contribution < 1.29 is 14.3 Å². The molecule has 0 atom stereocenters. The van der Waals surface area contributed by atoms with Crippen molar-refractivity contribution in [3.63, 3.8) is 0 Å². The van der Waals surface area contributed by atoms with Gasteiger partial charge in [0.15, 0.2) is 0 Å². The number of benzene rings is 1. The summed E-state index contributed by atoms with van der Waals surface area (Å²) in [4.78, 5) is 15.4. The monoisotopic (exact) mass is 294 g/mol. The smallest absolute Gasteiger partial charge is 0.339 e. The fourth-order valence-corrected chi connectivity index (χ4v) is 2.09. The highest BCUT2D eigenvalue weighted by atomic mass is 35.5. The van der Waals surface area contributed by atoms with E-state index in [1.165, 1.54) is 18.2 Å². The molecule has 0 saturated heterocycles. The van der Waals surface area contributed by atoms with E-state index in [0.29, 0.717) is 16.3 Å². The lowest BCUT2D eigenvalue weighted by Crippen LogP contribution is -2.09. The zero-order chi connectivity index (χ0) is 14.9. The molecule has 0 amide bonds. The Morgan fingerprint density at radius 3 is 2.70 bits per heavy atom. The molecule has 0 aliphatic heterocycles. The minimum absolute atomic E-state index is 0.00924. The van der Waals surface area contributed by atoms with Crippen LogP contribution < -0.4 is 5.32 Å². The fraction of sp³-hybridized carbons (Fsp3) is 0.143. The first kappa shape index (κ1) is 14.3. The van der Waals surface area contributed by atoms with Crippen molar-refractivity contribution in [1.29, 1.82) is 0 Å². The van der Waals surface area contributed by atoms with Crippen LogP contribution in [-0.2, 0) is 0 Å². The van der Waals surface area contributed by atoms with Crippen molar-refractivity contribution in [2.24, 2.45) is 0 Å². The summed E-state index contributed by atoms with van der Waals surface area (Å²) >= 11 is 5.80.